The van der Waals surface area contributed by atoms with Crippen molar-refractivity contribution in [1.82, 2.24) is 5.32 Å². The third kappa shape index (κ3) is 3.37. The van der Waals surface area contributed by atoms with E-state index in [0.29, 0.717) is 12.1 Å². The van der Waals surface area contributed by atoms with Gasteiger partial charge in [0.25, 0.3) is 12.1 Å². The van der Waals surface area contributed by atoms with Gasteiger partial charge in [-0.2, -0.15) is 13.2 Å². The number of sulfone groups is 1. The molecule has 0 radical (unpaired) electrons. The molecule has 30 heavy (non-hydrogen) atoms. The maximum absolute atomic E-state index is 14.3. The van der Waals surface area contributed by atoms with Crippen molar-refractivity contribution in [3.8, 4) is 0 Å². The molecule has 1 aliphatic heterocycles. The minimum Gasteiger partial charge on any atom is -0.315 e. The maximum atomic E-state index is 14.3. The zero-order valence-electron chi connectivity index (χ0n) is 15.2. The number of rotatable bonds is 5. The first-order valence-electron chi connectivity index (χ1n) is 8.72. The van der Waals surface area contributed by atoms with Gasteiger partial charge >= 0.3 is 6.18 Å². The Kier molecular flexibility index (Phi) is 5.65. The summed E-state index contributed by atoms with van der Waals surface area (Å²) in [6, 6.07) is 6.89. The van der Waals surface area contributed by atoms with Gasteiger partial charge < -0.3 is 5.32 Å². The van der Waals surface area contributed by atoms with Crippen LogP contribution in [0.1, 0.15) is 17.5 Å². The molecular formula is C19H16F7NO2S. The molecule has 164 valence electrons. The first-order valence-corrected chi connectivity index (χ1v) is 10.2. The fourth-order valence-electron chi connectivity index (χ4n) is 3.57. The molecule has 11 heteroatoms. The second kappa shape index (κ2) is 7.52. The van der Waals surface area contributed by atoms with Crippen molar-refractivity contribution < 1.29 is 39.2 Å². The average Bonchev–Trinajstić information content (AvgIpc) is 3.18. The van der Waals surface area contributed by atoms with Crippen molar-refractivity contribution in [2.24, 2.45) is 0 Å². The van der Waals surface area contributed by atoms with Crippen LogP contribution in [-0.2, 0) is 20.3 Å². The summed E-state index contributed by atoms with van der Waals surface area (Å²) < 4.78 is 117. The van der Waals surface area contributed by atoms with Crippen LogP contribution in [-0.4, -0.2) is 34.1 Å². The van der Waals surface area contributed by atoms with Crippen LogP contribution in [0.15, 0.2) is 53.4 Å². The summed E-state index contributed by atoms with van der Waals surface area (Å²) in [6.45, 7) is 0.149. The van der Waals surface area contributed by atoms with Crippen molar-refractivity contribution >= 4 is 9.84 Å². The first-order chi connectivity index (χ1) is 13.9. The van der Waals surface area contributed by atoms with Gasteiger partial charge in [-0.25, -0.2) is 26.0 Å². The Morgan fingerprint density at radius 2 is 1.50 bits per heavy atom. The molecular weight excluding hydrogens is 439 g/mol. The predicted octanol–water partition coefficient (Wildman–Crippen LogP) is 4.48. The van der Waals surface area contributed by atoms with Crippen molar-refractivity contribution in [1.29, 1.82) is 0 Å². The first kappa shape index (κ1) is 22.5. The number of hydrogen-bond acceptors (Lipinski definition) is 3. The molecule has 1 N–H and O–H groups in total. The van der Waals surface area contributed by atoms with E-state index in [1.165, 1.54) is 0 Å². The molecule has 0 aromatic heterocycles. The van der Waals surface area contributed by atoms with Gasteiger partial charge in [-0.15, -0.1) is 0 Å². The van der Waals surface area contributed by atoms with Gasteiger partial charge in [0.05, 0.1) is 4.90 Å². The highest BCUT2D eigenvalue weighted by molar-refractivity contribution is 7.92. The molecule has 1 unspecified atom stereocenters. The van der Waals surface area contributed by atoms with Crippen LogP contribution in [0.25, 0.3) is 0 Å². The van der Waals surface area contributed by atoms with Crippen molar-refractivity contribution in [2.75, 3.05) is 13.1 Å². The largest absolute Gasteiger partial charge is 0.432 e. The zero-order valence-corrected chi connectivity index (χ0v) is 16.0. The second-order valence-corrected chi connectivity index (χ2v) is 9.23. The summed E-state index contributed by atoms with van der Waals surface area (Å²) >= 11 is 0. The van der Waals surface area contributed by atoms with Crippen LogP contribution in [0.2, 0.25) is 0 Å². The van der Waals surface area contributed by atoms with E-state index in [9.17, 15) is 39.2 Å². The highest BCUT2D eigenvalue weighted by Gasteiger charge is 2.64. The molecule has 3 rings (SSSR count). The summed E-state index contributed by atoms with van der Waals surface area (Å²) in [6.07, 6.45) is -10.2. The van der Waals surface area contributed by atoms with Crippen molar-refractivity contribution in [3.63, 3.8) is 0 Å². The Morgan fingerprint density at radius 1 is 0.933 bits per heavy atom. The molecule has 1 aliphatic rings. The Hall–Kier alpha value is -2.14. The molecule has 0 amide bonds. The highest BCUT2D eigenvalue weighted by Crippen LogP contribution is 2.48. The second-order valence-electron chi connectivity index (χ2n) is 6.97. The molecule has 2 aromatic rings. The van der Waals surface area contributed by atoms with Crippen LogP contribution in [0.5, 0.6) is 0 Å². The third-order valence-electron chi connectivity index (χ3n) is 5.30. The molecule has 2 aromatic carbocycles. The SMILES string of the molecule is O=S(=O)(c1ccc(F)cc1)[C@@]1(c2ccc(C(F)(C(F)F)C(F)(F)F)cc2)CCNC1. The predicted molar refractivity (Wildman–Crippen MR) is 94.0 cm³/mol. The molecule has 0 saturated carbocycles. The number of alkyl halides is 6. The maximum Gasteiger partial charge on any atom is 0.432 e. The van der Waals surface area contributed by atoms with E-state index in [0.717, 1.165) is 36.4 Å². The van der Waals surface area contributed by atoms with Crippen LogP contribution in [0, 0.1) is 5.82 Å². The van der Waals surface area contributed by atoms with E-state index in [2.05, 4.69) is 5.32 Å². The lowest BCUT2D eigenvalue weighted by Crippen LogP contribution is -2.44. The van der Waals surface area contributed by atoms with E-state index >= 15 is 0 Å². The Morgan fingerprint density at radius 3 is 1.93 bits per heavy atom. The van der Waals surface area contributed by atoms with Crippen molar-refractivity contribution in [2.45, 2.75) is 34.3 Å². The zero-order chi connectivity index (χ0) is 22.4. The molecule has 3 nitrogen and oxygen atoms in total. The van der Waals surface area contributed by atoms with Gasteiger partial charge in [-0.3, -0.25) is 0 Å². The van der Waals surface area contributed by atoms with E-state index in [4.69, 9.17) is 0 Å². The minimum absolute atomic E-state index is 0.0133. The molecule has 2 atom stereocenters. The van der Waals surface area contributed by atoms with Gasteiger partial charge in [0.1, 0.15) is 10.6 Å². The third-order valence-corrected chi connectivity index (χ3v) is 7.80. The topological polar surface area (TPSA) is 46.2 Å². The van der Waals surface area contributed by atoms with Crippen LogP contribution in [0.4, 0.5) is 30.7 Å². The summed E-state index contributed by atoms with van der Waals surface area (Å²) in [5.41, 5.74) is -6.20. The summed E-state index contributed by atoms with van der Waals surface area (Å²) in [5.74, 6) is -0.657. The van der Waals surface area contributed by atoms with Crippen molar-refractivity contribution in [3.05, 3.63) is 65.5 Å². The van der Waals surface area contributed by atoms with Gasteiger partial charge in [0.15, 0.2) is 9.84 Å². The summed E-state index contributed by atoms with van der Waals surface area (Å²) in [7, 11) is -4.16. The minimum atomic E-state index is -5.87. The quantitative estimate of drug-likeness (QED) is 0.534. The average molecular weight is 455 g/mol. The van der Waals surface area contributed by atoms with E-state index in [1.807, 2.05) is 0 Å². The Labute approximate surface area is 167 Å². The standard InChI is InChI=1S/C19H16F7NO2S/c20-14-5-7-15(8-6-14)30(28,29)17(9-10-27-11-17)12-1-3-13(4-2-12)18(23,16(21)22)19(24,25)26/h1-8,16,27H,9-11H2/t17-,18?/m0/s1. The van der Waals surface area contributed by atoms with E-state index in [-0.39, 0.29) is 30.0 Å². The van der Waals surface area contributed by atoms with Gasteiger partial charge in [0, 0.05) is 12.1 Å². The number of hydrogen-bond donors (Lipinski definition) is 1. The summed E-state index contributed by atoms with van der Waals surface area (Å²) in [5, 5.41) is 2.86. The number of nitrogens with one attached hydrogen (secondary N) is 1. The Bertz CT molecular complexity index is 999. The molecule has 0 aliphatic carbocycles. The van der Waals surface area contributed by atoms with Gasteiger partial charge in [-0.1, -0.05) is 24.3 Å². The Balaban J connectivity index is 2.09. The normalized spacial score (nSPS) is 22.3. The number of benzene rings is 2. The van der Waals surface area contributed by atoms with Crippen LogP contribution >= 0.6 is 0 Å². The lowest BCUT2D eigenvalue weighted by molar-refractivity contribution is -0.274. The molecule has 1 fully saturated rings. The fourth-order valence-corrected chi connectivity index (χ4v) is 5.62. The van der Waals surface area contributed by atoms with Gasteiger partial charge in [0.2, 0.25) is 0 Å². The van der Waals surface area contributed by atoms with Crippen LogP contribution < -0.4 is 5.32 Å². The van der Waals surface area contributed by atoms with E-state index < -0.39 is 44.2 Å². The molecule has 1 heterocycles. The highest BCUT2D eigenvalue weighted by atomic mass is 32.2. The molecule has 0 spiro atoms. The fraction of sp³-hybridized carbons (Fsp3) is 0.368. The smallest absolute Gasteiger partial charge is 0.315 e. The summed E-state index contributed by atoms with van der Waals surface area (Å²) in [4.78, 5) is -0.209. The monoisotopic (exact) mass is 455 g/mol. The van der Waals surface area contributed by atoms with E-state index in [1.54, 1.807) is 0 Å². The molecule has 0 bridgehead atoms. The van der Waals surface area contributed by atoms with Gasteiger partial charge in [-0.05, 0) is 42.8 Å². The van der Waals surface area contributed by atoms with Crippen LogP contribution in [0.3, 0.4) is 0 Å². The lowest BCUT2D eigenvalue weighted by Gasteiger charge is -2.31. The molecule has 1 saturated heterocycles. The lowest BCUT2D eigenvalue weighted by atomic mass is 9.91. The number of halogens is 7.